The molecule has 25 heavy (non-hydrogen) atoms. The summed E-state index contributed by atoms with van der Waals surface area (Å²) >= 11 is 0. The lowest BCUT2D eigenvalue weighted by Crippen LogP contribution is -2.39. The Labute approximate surface area is 149 Å². The van der Waals surface area contributed by atoms with Crippen molar-refractivity contribution in [1.82, 2.24) is 9.80 Å². The molecule has 1 aromatic carbocycles. The molecular formula is C20H26N2O3. The Morgan fingerprint density at radius 1 is 1.08 bits per heavy atom. The first kappa shape index (κ1) is 17.7. The first-order chi connectivity index (χ1) is 12.0. The van der Waals surface area contributed by atoms with Crippen LogP contribution in [0.3, 0.4) is 0 Å². The van der Waals surface area contributed by atoms with Gasteiger partial charge in [-0.25, -0.2) is 0 Å². The van der Waals surface area contributed by atoms with Gasteiger partial charge in [0.2, 0.25) is 0 Å². The van der Waals surface area contributed by atoms with Crippen LogP contribution in [0.5, 0.6) is 0 Å². The quantitative estimate of drug-likeness (QED) is 0.771. The van der Waals surface area contributed by atoms with Crippen LogP contribution in [0.25, 0.3) is 5.57 Å². The number of piperidine rings is 1. The summed E-state index contributed by atoms with van der Waals surface area (Å²) in [6.07, 6.45) is 2.09. The molecule has 2 aliphatic heterocycles. The molecule has 5 heteroatoms. The van der Waals surface area contributed by atoms with Gasteiger partial charge in [0.05, 0.1) is 18.7 Å². The van der Waals surface area contributed by atoms with Crippen molar-refractivity contribution in [3.63, 3.8) is 0 Å². The highest BCUT2D eigenvalue weighted by atomic mass is 16.5. The molecule has 0 N–H and O–H groups in total. The number of aryl methyl sites for hydroxylation is 1. The number of hydrogen-bond donors (Lipinski definition) is 0. The summed E-state index contributed by atoms with van der Waals surface area (Å²) in [5, 5.41) is 0. The van der Waals surface area contributed by atoms with Gasteiger partial charge in [0.25, 0.3) is 11.8 Å². The average Bonchev–Trinajstić information content (AvgIpc) is 2.85. The largest absolute Gasteiger partial charge is 0.383 e. The second kappa shape index (κ2) is 7.40. The zero-order valence-electron chi connectivity index (χ0n) is 15.2. The highest BCUT2D eigenvalue weighted by Crippen LogP contribution is 2.33. The average molecular weight is 342 g/mol. The van der Waals surface area contributed by atoms with E-state index < -0.39 is 0 Å². The molecule has 0 bridgehead atoms. The molecule has 0 aliphatic carbocycles. The number of carbonyl (C=O) groups excluding carboxylic acids is 2. The molecule has 0 spiro atoms. The molecule has 134 valence electrons. The molecule has 1 saturated heterocycles. The molecule has 1 aromatic rings. The molecule has 3 rings (SSSR count). The Hall–Kier alpha value is -2.14. The van der Waals surface area contributed by atoms with Gasteiger partial charge in [-0.3, -0.25) is 14.5 Å². The van der Waals surface area contributed by atoms with E-state index in [0.29, 0.717) is 23.8 Å². The van der Waals surface area contributed by atoms with Gasteiger partial charge in [0.15, 0.2) is 0 Å². The summed E-state index contributed by atoms with van der Waals surface area (Å²) in [6, 6.07) is 7.83. The van der Waals surface area contributed by atoms with Crippen molar-refractivity contribution in [3.8, 4) is 0 Å². The minimum Gasteiger partial charge on any atom is -0.383 e. The monoisotopic (exact) mass is 342 g/mol. The second-order valence-corrected chi connectivity index (χ2v) is 7.01. The zero-order chi connectivity index (χ0) is 18.0. The molecule has 0 atom stereocenters. The van der Waals surface area contributed by atoms with E-state index in [1.807, 2.05) is 31.2 Å². The maximum atomic E-state index is 13.0. The summed E-state index contributed by atoms with van der Waals surface area (Å²) in [5.74, 6) is 0.267. The Morgan fingerprint density at radius 2 is 1.72 bits per heavy atom. The number of amides is 2. The van der Waals surface area contributed by atoms with Gasteiger partial charge in [-0.1, -0.05) is 36.8 Å². The third-order valence-corrected chi connectivity index (χ3v) is 5.10. The van der Waals surface area contributed by atoms with Gasteiger partial charge in [0, 0.05) is 20.2 Å². The van der Waals surface area contributed by atoms with Crippen molar-refractivity contribution in [2.75, 3.05) is 33.4 Å². The maximum absolute atomic E-state index is 13.0. The Kier molecular flexibility index (Phi) is 5.23. The number of nitrogens with zero attached hydrogens (tertiary/aromatic N) is 2. The van der Waals surface area contributed by atoms with Crippen molar-refractivity contribution in [1.29, 1.82) is 0 Å². The first-order valence-corrected chi connectivity index (χ1v) is 8.94. The number of imide groups is 1. The van der Waals surface area contributed by atoms with E-state index in [1.54, 1.807) is 7.11 Å². The van der Waals surface area contributed by atoms with Crippen LogP contribution in [0.15, 0.2) is 30.0 Å². The van der Waals surface area contributed by atoms with Crippen LogP contribution < -0.4 is 0 Å². The van der Waals surface area contributed by atoms with E-state index in [2.05, 4.69) is 11.8 Å². The number of carbonyl (C=O) groups is 2. The number of methoxy groups -OCH3 is 1. The fourth-order valence-corrected chi connectivity index (χ4v) is 3.45. The molecule has 0 saturated carbocycles. The molecule has 2 heterocycles. The van der Waals surface area contributed by atoms with Crippen molar-refractivity contribution >= 4 is 17.4 Å². The highest BCUT2D eigenvalue weighted by molar-refractivity contribution is 6.35. The van der Waals surface area contributed by atoms with Gasteiger partial charge in [-0.05, 0) is 31.2 Å². The summed E-state index contributed by atoms with van der Waals surface area (Å²) < 4.78 is 5.07. The van der Waals surface area contributed by atoms with E-state index in [9.17, 15) is 9.59 Å². The predicted molar refractivity (Wildman–Crippen MR) is 96.7 cm³/mol. The van der Waals surface area contributed by atoms with E-state index in [0.717, 1.165) is 37.1 Å². The smallest absolute Gasteiger partial charge is 0.277 e. The number of hydrogen-bond acceptors (Lipinski definition) is 4. The number of benzene rings is 1. The van der Waals surface area contributed by atoms with Crippen LogP contribution in [0, 0.1) is 12.8 Å². The third kappa shape index (κ3) is 3.47. The van der Waals surface area contributed by atoms with Crippen molar-refractivity contribution in [2.45, 2.75) is 26.7 Å². The Morgan fingerprint density at radius 3 is 2.32 bits per heavy atom. The molecule has 2 amide bonds. The summed E-state index contributed by atoms with van der Waals surface area (Å²) in [7, 11) is 1.58. The Bertz CT molecular complexity index is 685. The molecule has 0 unspecified atom stereocenters. The van der Waals surface area contributed by atoms with E-state index in [4.69, 9.17) is 4.74 Å². The van der Waals surface area contributed by atoms with Gasteiger partial charge >= 0.3 is 0 Å². The van der Waals surface area contributed by atoms with Crippen LogP contribution in [0.2, 0.25) is 0 Å². The van der Waals surface area contributed by atoms with Crippen molar-refractivity contribution < 1.29 is 14.3 Å². The van der Waals surface area contributed by atoms with Crippen LogP contribution in [-0.2, 0) is 14.3 Å². The van der Waals surface area contributed by atoms with Crippen LogP contribution in [-0.4, -0.2) is 55.0 Å². The SMILES string of the molecule is COCCN1C(=O)C(c2ccc(C)cc2)=C(N2CCC(C)CC2)C1=O. The normalized spacial score (nSPS) is 19.3. The molecular weight excluding hydrogens is 316 g/mol. The van der Waals surface area contributed by atoms with Gasteiger partial charge < -0.3 is 9.64 Å². The molecule has 5 nitrogen and oxygen atoms in total. The standard InChI is InChI=1S/C20H26N2O3/c1-14-4-6-16(7-5-14)17-18(21-10-8-15(2)9-11-21)20(24)22(19(17)23)12-13-25-3/h4-7,15H,8-13H2,1-3H3. The molecule has 0 radical (unpaired) electrons. The predicted octanol–water partition coefficient (Wildman–Crippen LogP) is 2.45. The second-order valence-electron chi connectivity index (χ2n) is 7.01. The topological polar surface area (TPSA) is 49.9 Å². The minimum atomic E-state index is -0.209. The lowest BCUT2D eigenvalue weighted by Gasteiger charge is -2.32. The third-order valence-electron chi connectivity index (χ3n) is 5.10. The number of likely N-dealkylation sites (tertiary alicyclic amines) is 1. The Balaban J connectivity index is 1.99. The number of rotatable bonds is 5. The van der Waals surface area contributed by atoms with Crippen LogP contribution in [0.4, 0.5) is 0 Å². The zero-order valence-corrected chi connectivity index (χ0v) is 15.2. The maximum Gasteiger partial charge on any atom is 0.277 e. The van der Waals surface area contributed by atoms with E-state index in [1.165, 1.54) is 4.90 Å². The first-order valence-electron chi connectivity index (χ1n) is 8.94. The van der Waals surface area contributed by atoms with E-state index >= 15 is 0 Å². The summed E-state index contributed by atoms with van der Waals surface area (Å²) in [4.78, 5) is 29.4. The lowest BCUT2D eigenvalue weighted by molar-refractivity contribution is -0.138. The number of ether oxygens (including phenoxy) is 1. The fourth-order valence-electron chi connectivity index (χ4n) is 3.45. The summed E-state index contributed by atoms with van der Waals surface area (Å²) in [5.41, 5.74) is 3.05. The van der Waals surface area contributed by atoms with Crippen molar-refractivity contribution in [2.24, 2.45) is 5.92 Å². The summed E-state index contributed by atoms with van der Waals surface area (Å²) in [6.45, 7) is 6.53. The molecule has 1 fully saturated rings. The highest BCUT2D eigenvalue weighted by Gasteiger charge is 2.41. The van der Waals surface area contributed by atoms with Gasteiger partial charge in [0.1, 0.15) is 5.70 Å². The van der Waals surface area contributed by atoms with Gasteiger partial charge in [-0.15, -0.1) is 0 Å². The molecule has 2 aliphatic rings. The van der Waals surface area contributed by atoms with Gasteiger partial charge in [-0.2, -0.15) is 0 Å². The lowest BCUT2D eigenvalue weighted by atomic mass is 9.97. The minimum absolute atomic E-state index is 0.188. The van der Waals surface area contributed by atoms with Crippen molar-refractivity contribution in [3.05, 3.63) is 41.1 Å². The van der Waals surface area contributed by atoms with E-state index in [-0.39, 0.29) is 18.4 Å². The van der Waals surface area contributed by atoms with Crippen LogP contribution >= 0.6 is 0 Å². The fraction of sp³-hybridized carbons (Fsp3) is 0.500. The van der Waals surface area contributed by atoms with Crippen LogP contribution in [0.1, 0.15) is 30.9 Å². The molecule has 0 aromatic heterocycles.